The molecule has 2 N–H and O–H groups in total. The molecular formula is C28H47N4O8S+. The summed E-state index contributed by atoms with van der Waals surface area (Å²) in [6, 6.07) is 2.98. The topological polar surface area (TPSA) is 135 Å². The van der Waals surface area contributed by atoms with Gasteiger partial charge in [0.15, 0.2) is 11.5 Å². The van der Waals surface area contributed by atoms with Gasteiger partial charge in [-0.2, -0.15) is 0 Å². The Kier molecular flexibility index (Phi) is 11.3. The second-order valence-electron chi connectivity index (χ2n) is 12.0. The van der Waals surface area contributed by atoms with Crippen LogP contribution in [0.1, 0.15) is 44.1 Å². The monoisotopic (exact) mass is 599 g/mol. The lowest BCUT2D eigenvalue weighted by Crippen LogP contribution is -2.46. The molecule has 0 radical (unpaired) electrons. The van der Waals surface area contributed by atoms with Crippen molar-refractivity contribution in [3.05, 3.63) is 17.7 Å². The minimum Gasteiger partial charge on any atom is -0.493 e. The van der Waals surface area contributed by atoms with E-state index in [-0.39, 0.29) is 32.2 Å². The molecule has 3 unspecified atom stereocenters. The smallest absolute Gasteiger partial charge is 0.308 e. The number of unbranched alkanes of at least 4 members (excludes halogenated alkanes) is 1. The molecule has 0 aliphatic carbocycles. The van der Waals surface area contributed by atoms with Crippen molar-refractivity contribution >= 4 is 21.9 Å². The lowest BCUT2D eigenvalue weighted by molar-refractivity contribution is -0.870. The van der Waals surface area contributed by atoms with Crippen LogP contribution in [0, 0.1) is 5.92 Å². The lowest BCUT2D eigenvalue weighted by atomic mass is 9.84. The fourth-order valence-corrected chi connectivity index (χ4v) is 6.15. The molecule has 0 spiro atoms. The van der Waals surface area contributed by atoms with E-state index in [9.17, 15) is 23.1 Å². The lowest BCUT2D eigenvalue weighted by Gasteiger charge is -2.30. The van der Waals surface area contributed by atoms with Gasteiger partial charge in [-0.1, -0.05) is 13.3 Å². The van der Waals surface area contributed by atoms with Gasteiger partial charge in [0.05, 0.1) is 53.5 Å². The first-order chi connectivity index (χ1) is 19.2. The maximum atomic E-state index is 13.7. The number of nitrogens with zero attached hydrogens (tertiary/aromatic N) is 3. The molecule has 3 rings (SSSR count). The fraction of sp³-hybridized carbons (Fsp3) is 0.714. The van der Waals surface area contributed by atoms with Crippen LogP contribution in [0.3, 0.4) is 0 Å². The Bertz CT molecular complexity index is 1170. The van der Waals surface area contributed by atoms with Crippen molar-refractivity contribution in [1.29, 1.82) is 0 Å². The van der Waals surface area contributed by atoms with Gasteiger partial charge in [0, 0.05) is 44.6 Å². The number of benzene rings is 1. The summed E-state index contributed by atoms with van der Waals surface area (Å²) >= 11 is 0. The van der Waals surface area contributed by atoms with Crippen LogP contribution in [0.4, 0.5) is 0 Å². The second-order valence-corrected chi connectivity index (χ2v) is 13.8. The normalized spacial score (nSPS) is 20.8. The highest BCUT2D eigenvalue weighted by Crippen LogP contribution is 2.47. The highest BCUT2D eigenvalue weighted by Gasteiger charge is 2.47. The Balaban J connectivity index is 1.89. The van der Waals surface area contributed by atoms with Crippen molar-refractivity contribution in [1.82, 2.24) is 14.5 Å². The van der Waals surface area contributed by atoms with Gasteiger partial charge < -0.3 is 28.7 Å². The number of hydrogen-bond acceptors (Lipinski definition) is 8. The summed E-state index contributed by atoms with van der Waals surface area (Å²) in [6.45, 7) is 4.77. The third-order valence-corrected chi connectivity index (χ3v) is 8.40. The van der Waals surface area contributed by atoms with Gasteiger partial charge in [-0.25, -0.2) is 13.1 Å². The Labute approximate surface area is 244 Å². The van der Waals surface area contributed by atoms with Crippen LogP contribution in [0.2, 0.25) is 0 Å². The minimum atomic E-state index is -3.46. The molecule has 0 bridgehead atoms. The molecular weight excluding hydrogens is 552 g/mol. The average molecular weight is 600 g/mol. The number of fused-ring (bicyclic) bond motifs is 1. The summed E-state index contributed by atoms with van der Waals surface area (Å²) in [4.78, 5) is 30.2. The quantitative estimate of drug-likeness (QED) is 0.272. The first-order valence-electron chi connectivity index (χ1n) is 14.2. The van der Waals surface area contributed by atoms with Crippen molar-refractivity contribution in [2.24, 2.45) is 5.92 Å². The summed E-state index contributed by atoms with van der Waals surface area (Å²) in [5.41, 5.74) is 0.709. The van der Waals surface area contributed by atoms with Crippen LogP contribution >= 0.6 is 0 Å². The van der Waals surface area contributed by atoms with E-state index in [0.29, 0.717) is 42.4 Å². The van der Waals surface area contributed by atoms with Crippen LogP contribution < -0.4 is 18.9 Å². The number of carboxylic acids is 1. The zero-order valence-electron chi connectivity index (χ0n) is 25.2. The number of rotatable bonds is 16. The van der Waals surface area contributed by atoms with E-state index in [4.69, 9.17) is 14.2 Å². The Morgan fingerprint density at radius 1 is 1.20 bits per heavy atom. The van der Waals surface area contributed by atoms with Crippen molar-refractivity contribution in [2.45, 2.75) is 44.6 Å². The third-order valence-electron chi connectivity index (χ3n) is 7.68. The largest absolute Gasteiger partial charge is 0.493 e. The molecule has 3 atom stereocenters. The van der Waals surface area contributed by atoms with E-state index in [1.807, 2.05) is 9.80 Å². The molecule has 0 aromatic heterocycles. The van der Waals surface area contributed by atoms with Gasteiger partial charge in [0.2, 0.25) is 28.5 Å². The van der Waals surface area contributed by atoms with Crippen molar-refractivity contribution in [3.63, 3.8) is 0 Å². The summed E-state index contributed by atoms with van der Waals surface area (Å²) in [6.07, 6.45) is 4.01. The first kappa shape index (κ1) is 32.9. The molecule has 2 aliphatic rings. The minimum absolute atomic E-state index is 0.0459. The highest BCUT2D eigenvalue weighted by molar-refractivity contribution is 7.88. The van der Waals surface area contributed by atoms with Gasteiger partial charge in [-0.05, 0) is 30.5 Å². The molecule has 12 nitrogen and oxygen atoms in total. The maximum Gasteiger partial charge on any atom is 0.308 e. The van der Waals surface area contributed by atoms with E-state index in [1.54, 1.807) is 12.1 Å². The number of hydrogen-bond donors (Lipinski definition) is 2. The van der Waals surface area contributed by atoms with E-state index < -0.39 is 33.9 Å². The SMILES string of the molecule is CCCCN(CCC[N+](C)(C)C)C(=O)CN1CC(c2cc(OC)c3c(c2)OCO3)C(C(=O)O)C1CCNS(C)(=O)=O. The number of carbonyl (C=O) groups excluding carboxylic acids is 1. The number of aliphatic carboxylic acids is 1. The predicted molar refractivity (Wildman–Crippen MR) is 155 cm³/mol. The number of quaternary nitrogens is 1. The number of amides is 1. The predicted octanol–water partition coefficient (Wildman–Crippen LogP) is 1.56. The van der Waals surface area contributed by atoms with Crippen LogP contribution in [0.25, 0.3) is 0 Å². The first-order valence-corrected chi connectivity index (χ1v) is 16.1. The number of carboxylic acid groups (broad SMARTS) is 1. The van der Waals surface area contributed by atoms with Crippen molar-refractivity contribution in [3.8, 4) is 17.2 Å². The Morgan fingerprint density at radius 3 is 2.51 bits per heavy atom. The number of carbonyl (C=O) groups is 2. The number of nitrogens with one attached hydrogen (secondary N) is 1. The van der Waals surface area contributed by atoms with Gasteiger partial charge in [0.1, 0.15) is 0 Å². The second kappa shape index (κ2) is 14.0. The number of methoxy groups -OCH3 is 1. The number of sulfonamides is 1. The maximum absolute atomic E-state index is 13.7. The summed E-state index contributed by atoms with van der Waals surface area (Å²) < 4.78 is 43.4. The Morgan fingerprint density at radius 2 is 1.90 bits per heavy atom. The molecule has 1 saturated heterocycles. The number of likely N-dealkylation sites (tertiary alicyclic amines) is 1. The van der Waals surface area contributed by atoms with Gasteiger partial charge >= 0.3 is 5.97 Å². The standard InChI is InChI=1S/C28H46N4O8S/c1-7-8-12-30(13-9-14-32(2,3)4)25(33)18-31-17-21(20-15-23(38-5)27-24(16-20)39-19-40-27)26(28(34)35)22(31)10-11-29-41(6,36)37/h15-16,21-22,26,29H,7-14,17-19H2,1-6H3/p+1. The zero-order chi connectivity index (χ0) is 30.4. The van der Waals surface area contributed by atoms with E-state index in [2.05, 4.69) is 32.8 Å². The van der Waals surface area contributed by atoms with Crippen LogP contribution in [0.5, 0.6) is 17.2 Å². The third kappa shape index (κ3) is 9.19. The van der Waals surface area contributed by atoms with Crippen LogP contribution in [0.15, 0.2) is 12.1 Å². The summed E-state index contributed by atoms with van der Waals surface area (Å²) in [5.74, 6) is -0.998. The van der Waals surface area contributed by atoms with Gasteiger partial charge in [-0.3, -0.25) is 14.5 Å². The summed E-state index contributed by atoms with van der Waals surface area (Å²) in [7, 11) is 4.41. The number of ether oxygens (including phenoxy) is 3. The Hall–Kier alpha value is -2.61. The molecule has 2 heterocycles. The van der Waals surface area contributed by atoms with Crippen LogP contribution in [-0.4, -0.2) is 126 Å². The average Bonchev–Trinajstić information content (AvgIpc) is 3.49. The molecule has 0 saturated carbocycles. The molecule has 1 aromatic carbocycles. The van der Waals surface area contributed by atoms with Crippen molar-refractivity contribution in [2.75, 3.05) is 80.6 Å². The van der Waals surface area contributed by atoms with Crippen LogP contribution in [-0.2, 0) is 19.6 Å². The summed E-state index contributed by atoms with van der Waals surface area (Å²) in [5, 5.41) is 10.4. The van der Waals surface area contributed by atoms with E-state index in [1.165, 1.54) is 7.11 Å². The molecule has 2 aliphatic heterocycles. The molecule has 232 valence electrons. The van der Waals surface area contributed by atoms with Gasteiger partial charge in [-0.15, -0.1) is 0 Å². The zero-order valence-corrected chi connectivity index (χ0v) is 26.0. The molecule has 13 heteroatoms. The molecule has 41 heavy (non-hydrogen) atoms. The molecule has 1 aromatic rings. The van der Waals surface area contributed by atoms with Gasteiger partial charge in [0.25, 0.3) is 0 Å². The molecule has 1 amide bonds. The fourth-order valence-electron chi connectivity index (χ4n) is 5.67. The van der Waals surface area contributed by atoms with Crippen molar-refractivity contribution < 1.29 is 41.8 Å². The van der Waals surface area contributed by atoms with E-state index in [0.717, 1.165) is 36.5 Å². The van der Waals surface area contributed by atoms with E-state index >= 15 is 0 Å². The highest BCUT2D eigenvalue weighted by atomic mass is 32.2. The molecule has 1 fully saturated rings.